The van der Waals surface area contributed by atoms with Crippen molar-refractivity contribution in [1.82, 2.24) is 0 Å². The third-order valence-corrected chi connectivity index (χ3v) is 3.46. The minimum absolute atomic E-state index is 0.206. The number of hydrogen-bond donors (Lipinski definition) is 2. The van der Waals surface area contributed by atoms with Gasteiger partial charge in [0.1, 0.15) is 0 Å². The highest BCUT2D eigenvalue weighted by Crippen LogP contribution is 2.24. The second-order valence-electron chi connectivity index (χ2n) is 5.57. The number of nitrogens with two attached hydrogens (primary N) is 1. The lowest BCUT2D eigenvalue weighted by Crippen LogP contribution is -2.26. The second-order valence-corrected chi connectivity index (χ2v) is 5.57. The van der Waals surface area contributed by atoms with Gasteiger partial charge in [0, 0.05) is 17.6 Å². The zero-order chi connectivity index (χ0) is 13.0. The summed E-state index contributed by atoms with van der Waals surface area (Å²) in [6, 6.07) is 14.8. The molecule has 0 heterocycles. The van der Waals surface area contributed by atoms with Crippen molar-refractivity contribution in [2.75, 3.05) is 18.4 Å². The zero-order valence-corrected chi connectivity index (χ0v) is 11.2. The van der Waals surface area contributed by atoms with E-state index < -0.39 is 0 Å². The summed E-state index contributed by atoms with van der Waals surface area (Å²) in [7, 11) is 0. The largest absolute Gasteiger partial charge is 0.385 e. The predicted molar refractivity (Wildman–Crippen MR) is 79.9 cm³/mol. The number of hydrogen-bond acceptors (Lipinski definition) is 2. The van der Waals surface area contributed by atoms with Gasteiger partial charge in [-0.3, -0.25) is 0 Å². The molecule has 2 nitrogen and oxygen atoms in total. The van der Waals surface area contributed by atoms with Crippen molar-refractivity contribution in [3.05, 3.63) is 42.5 Å². The molecule has 0 amide bonds. The monoisotopic (exact) mass is 242 g/mol. The van der Waals surface area contributed by atoms with Gasteiger partial charge >= 0.3 is 0 Å². The molecule has 2 heteroatoms. The molecule has 3 N–H and O–H groups in total. The van der Waals surface area contributed by atoms with Gasteiger partial charge < -0.3 is 11.1 Å². The van der Waals surface area contributed by atoms with E-state index in [0.717, 1.165) is 19.5 Å². The molecular formula is C16H22N2. The molecule has 0 saturated carbocycles. The molecule has 96 valence electrons. The molecule has 0 aliphatic rings. The maximum Gasteiger partial charge on any atom is 0.0419 e. The van der Waals surface area contributed by atoms with Crippen LogP contribution in [-0.2, 0) is 0 Å². The Bertz CT molecular complexity index is 512. The summed E-state index contributed by atoms with van der Waals surface area (Å²) in [5.41, 5.74) is 7.16. The van der Waals surface area contributed by atoms with Crippen LogP contribution in [0, 0.1) is 5.41 Å². The van der Waals surface area contributed by atoms with Crippen molar-refractivity contribution in [3.8, 4) is 0 Å². The Labute approximate surface area is 109 Å². The average Bonchev–Trinajstić information content (AvgIpc) is 2.39. The highest BCUT2D eigenvalue weighted by Gasteiger charge is 2.14. The molecule has 2 aromatic carbocycles. The fourth-order valence-electron chi connectivity index (χ4n) is 2.02. The van der Waals surface area contributed by atoms with Crippen LogP contribution in [0.1, 0.15) is 20.3 Å². The Balaban J connectivity index is 2.08. The maximum absolute atomic E-state index is 5.75. The lowest BCUT2D eigenvalue weighted by atomic mass is 9.89. The van der Waals surface area contributed by atoms with Crippen molar-refractivity contribution in [2.45, 2.75) is 20.3 Å². The van der Waals surface area contributed by atoms with Crippen LogP contribution < -0.4 is 11.1 Å². The van der Waals surface area contributed by atoms with Crippen LogP contribution in [-0.4, -0.2) is 13.1 Å². The van der Waals surface area contributed by atoms with E-state index in [4.69, 9.17) is 5.73 Å². The molecular weight excluding hydrogens is 220 g/mol. The van der Waals surface area contributed by atoms with Crippen LogP contribution in [0.25, 0.3) is 10.8 Å². The van der Waals surface area contributed by atoms with Gasteiger partial charge in [-0.2, -0.15) is 0 Å². The van der Waals surface area contributed by atoms with Crippen molar-refractivity contribution < 1.29 is 0 Å². The maximum atomic E-state index is 5.75. The molecule has 18 heavy (non-hydrogen) atoms. The molecule has 0 aromatic heterocycles. The van der Waals surface area contributed by atoms with Crippen molar-refractivity contribution in [1.29, 1.82) is 0 Å². The Kier molecular flexibility index (Phi) is 3.87. The standard InChI is InChI=1S/C16H22N2/c1-16(2,12-17)10-11-18-15-9-5-7-13-6-3-4-8-14(13)15/h3-9,18H,10-12,17H2,1-2H3. The van der Waals surface area contributed by atoms with Crippen molar-refractivity contribution >= 4 is 16.5 Å². The molecule has 0 bridgehead atoms. The molecule has 0 fully saturated rings. The second kappa shape index (κ2) is 5.40. The molecule has 2 aromatic rings. The summed E-state index contributed by atoms with van der Waals surface area (Å²) in [4.78, 5) is 0. The van der Waals surface area contributed by atoms with Gasteiger partial charge in [-0.25, -0.2) is 0 Å². The smallest absolute Gasteiger partial charge is 0.0419 e. The lowest BCUT2D eigenvalue weighted by Gasteiger charge is -2.22. The van der Waals surface area contributed by atoms with Gasteiger partial charge in [-0.15, -0.1) is 0 Å². The van der Waals surface area contributed by atoms with Gasteiger partial charge in [0.05, 0.1) is 0 Å². The van der Waals surface area contributed by atoms with E-state index in [1.165, 1.54) is 16.5 Å². The molecule has 2 rings (SSSR count). The first-order valence-corrected chi connectivity index (χ1v) is 6.54. The summed E-state index contributed by atoms with van der Waals surface area (Å²) in [6.07, 6.45) is 1.08. The molecule has 0 radical (unpaired) electrons. The van der Waals surface area contributed by atoms with Crippen LogP contribution in [0.5, 0.6) is 0 Å². The number of anilines is 1. The normalized spacial score (nSPS) is 11.7. The van der Waals surface area contributed by atoms with Crippen molar-refractivity contribution in [2.24, 2.45) is 11.1 Å². The van der Waals surface area contributed by atoms with E-state index in [0.29, 0.717) is 0 Å². The number of rotatable bonds is 5. The number of fused-ring (bicyclic) bond motifs is 1. The fourth-order valence-corrected chi connectivity index (χ4v) is 2.02. The SMILES string of the molecule is CC(C)(CN)CCNc1cccc2ccccc12. The summed E-state index contributed by atoms with van der Waals surface area (Å²) in [5.74, 6) is 0. The topological polar surface area (TPSA) is 38.0 Å². The Morgan fingerprint density at radius 2 is 1.78 bits per heavy atom. The van der Waals surface area contributed by atoms with E-state index in [1.807, 2.05) is 0 Å². The first kappa shape index (κ1) is 12.9. The lowest BCUT2D eigenvalue weighted by molar-refractivity contribution is 0.358. The Morgan fingerprint density at radius 3 is 2.56 bits per heavy atom. The molecule has 0 spiro atoms. The first-order chi connectivity index (χ1) is 8.62. The summed E-state index contributed by atoms with van der Waals surface area (Å²) < 4.78 is 0. The van der Waals surface area contributed by atoms with E-state index in [1.54, 1.807) is 0 Å². The van der Waals surface area contributed by atoms with Crippen LogP contribution in [0.4, 0.5) is 5.69 Å². The minimum atomic E-state index is 0.206. The third-order valence-electron chi connectivity index (χ3n) is 3.46. The highest BCUT2D eigenvalue weighted by atomic mass is 14.9. The van der Waals surface area contributed by atoms with Gasteiger partial charge in [-0.05, 0) is 29.8 Å². The molecule has 0 aliphatic heterocycles. The number of benzene rings is 2. The van der Waals surface area contributed by atoms with Gasteiger partial charge in [0.2, 0.25) is 0 Å². The van der Waals surface area contributed by atoms with Crippen LogP contribution in [0.15, 0.2) is 42.5 Å². The first-order valence-electron chi connectivity index (χ1n) is 6.54. The molecule has 0 unspecified atom stereocenters. The van der Waals surface area contributed by atoms with E-state index in [9.17, 15) is 0 Å². The fraction of sp³-hybridized carbons (Fsp3) is 0.375. The third kappa shape index (κ3) is 3.02. The highest BCUT2D eigenvalue weighted by molar-refractivity contribution is 5.93. The summed E-state index contributed by atoms with van der Waals surface area (Å²) in [6.45, 7) is 6.10. The zero-order valence-electron chi connectivity index (χ0n) is 11.2. The van der Waals surface area contributed by atoms with Crippen LogP contribution in [0.3, 0.4) is 0 Å². The van der Waals surface area contributed by atoms with E-state index >= 15 is 0 Å². The molecule has 0 saturated heterocycles. The van der Waals surface area contributed by atoms with E-state index in [-0.39, 0.29) is 5.41 Å². The summed E-state index contributed by atoms with van der Waals surface area (Å²) >= 11 is 0. The van der Waals surface area contributed by atoms with Gasteiger partial charge in [0.25, 0.3) is 0 Å². The van der Waals surface area contributed by atoms with Crippen LogP contribution >= 0.6 is 0 Å². The quantitative estimate of drug-likeness (QED) is 0.840. The van der Waals surface area contributed by atoms with E-state index in [2.05, 4.69) is 61.6 Å². The number of nitrogens with one attached hydrogen (secondary N) is 1. The Hall–Kier alpha value is -1.54. The van der Waals surface area contributed by atoms with Gasteiger partial charge in [0.15, 0.2) is 0 Å². The predicted octanol–water partition coefficient (Wildman–Crippen LogP) is 3.63. The molecule has 0 atom stereocenters. The molecule has 0 aliphatic carbocycles. The minimum Gasteiger partial charge on any atom is -0.385 e. The van der Waals surface area contributed by atoms with Crippen LogP contribution in [0.2, 0.25) is 0 Å². The van der Waals surface area contributed by atoms with Crippen molar-refractivity contribution in [3.63, 3.8) is 0 Å². The van der Waals surface area contributed by atoms with Gasteiger partial charge in [-0.1, -0.05) is 50.2 Å². The average molecular weight is 242 g/mol. The summed E-state index contributed by atoms with van der Waals surface area (Å²) in [5, 5.41) is 6.08. The Morgan fingerprint density at radius 1 is 1.06 bits per heavy atom.